The van der Waals surface area contributed by atoms with Gasteiger partial charge >= 0.3 is 24.3 Å². The molecule has 0 fully saturated rings. The monoisotopic (exact) mass is 1090 g/mol. The smallest absolute Gasteiger partial charge is 0.416 e. The van der Waals surface area contributed by atoms with Crippen molar-refractivity contribution < 1.29 is 65.1 Å². The molecule has 6 aromatic rings. The van der Waals surface area contributed by atoms with Gasteiger partial charge in [0.05, 0.1) is 33.4 Å². The van der Waals surface area contributed by atoms with Gasteiger partial charge in [-0.25, -0.2) is 9.59 Å². The third-order valence-corrected chi connectivity index (χ3v) is 15.1. The molecule has 376 valence electrons. The van der Waals surface area contributed by atoms with Crippen LogP contribution < -0.4 is 9.47 Å². The second-order valence-corrected chi connectivity index (χ2v) is 20.4. The van der Waals surface area contributed by atoms with Gasteiger partial charge in [0.15, 0.2) is 11.2 Å². The standard InChI is InChI=1S/2C25H23Cl2F3O4S/c2*1-24(2,23(31)32)34-18-11-7-15(21(26)22(18)27)6-10-17(33-3)20-13-12-19(35-20)14-4-8-16(9-5-14)25(28,29)30/h2*4-5,7-9,11-13,17H,6,10H2,1-3H3,(H,31,32)/t2*17-/m10/s1. The zero-order valence-electron chi connectivity index (χ0n) is 38.2. The molecule has 0 bridgehead atoms. The highest BCUT2D eigenvalue weighted by atomic mass is 35.5. The Morgan fingerprint density at radius 1 is 0.514 bits per heavy atom. The highest BCUT2D eigenvalue weighted by Crippen LogP contribution is 2.42. The third kappa shape index (κ3) is 14.3. The van der Waals surface area contributed by atoms with E-state index in [2.05, 4.69) is 0 Å². The van der Waals surface area contributed by atoms with E-state index in [0.29, 0.717) is 36.8 Å². The van der Waals surface area contributed by atoms with Crippen molar-refractivity contribution in [2.45, 2.75) is 89.1 Å². The summed E-state index contributed by atoms with van der Waals surface area (Å²) in [4.78, 5) is 26.2. The van der Waals surface area contributed by atoms with E-state index in [4.69, 9.17) is 65.4 Å². The number of benzene rings is 4. The van der Waals surface area contributed by atoms with Gasteiger partial charge in [0.25, 0.3) is 0 Å². The number of alkyl halides is 6. The molecular weight excluding hydrogens is 1050 g/mol. The van der Waals surface area contributed by atoms with Gasteiger partial charge in [0.1, 0.15) is 21.5 Å². The Morgan fingerprint density at radius 2 is 0.843 bits per heavy atom. The molecule has 6 rings (SSSR count). The summed E-state index contributed by atoms with van der Waals surface area (Å²) in [5.41, 5.74) is -1.44. The Labute approximate surface area is 428 Å². The normalized spacial score (nSPS) is 13.0. The van der Waals surface area contributed by atoms with Crippen LogP contribution in [0.3, 0.4) is 0 Å². The Hall–Kier alpha value is -4.52. The zero-order chi connectivity index (χ0) is 51.9. The quantitative estimate of drug-likeness (QED) is 0.0819. The minimum atomic E-state index is -4.37. The fraction of sp³-hybridized carbons (Fsp3) is 0.320. The van der Waals surface area contributed by atoms with Gasteiger partial charge in [-0.2, -0.15) is 26.3 Å². The second-order valence-electron chi connectivity index (χ2n) is 16.6. The van der Waals surface area contributed by atoms with Crippen LogP contribution in [-0.4, -0.2) is 47.6 Å². The molecule has 0 saturated carbocycles. The largest absolute Gasteiger partial charge is 0.478 e. The minimum absolute atomic E-state index is 0.133. The summed E-state index contributed by atoms with van der Waals surface area (Å²) >= 11 is 28.4. The number of aliphatic carboxylic acids is 2. The number of rotatable bonds is 18. The number of halogens is 10. The number of aryl methyl sites for hydroxylation is 2. The summed E-state index contributed by atoms with van der Waals surface area (Å²) in [6.45, 7) is 5.65. The van der Waals surface area contributed by atoms with Gasteiger partial charge in [-0.05, 0) is 136 Å². The van der Waals surface area contributed by atoms with Crippen molar-refractivity contribution in [1.29, 1.82) is 0 Å². The molecule has 0 spiro atoms. The first kappa shape index (κ1) is 56.4. The molecule has 0 aliphatic rings. The Bertz CT molecular complexity index is 2570. The van der Waals surface area contributed by atoms with Gasteiger partial charge in [0, 0.05) is 33.7 Å². The molecule has 0 aliphatic heterocycles. The average molecular weight is 1090 g/mol. The third-order valence-electron chi connectivity index (χ3n) is 10.8. The number of carboxylic acid groups (broad SMARTS) is 2. The van der Waals surface area contributed by atoms with Crippen LogP contribution in [0.2, 0.25) is 20.1 Å². The highest BCUT2D eigenvalue weighted by Gasteiger charge is 2.33. The number of thiophene rings is 2. The summed E-state index contributed by atoms with van der Waals surface area (Å²) in [5.74, 6) is -1.92. The van der Waals surface area contributed by atoms with Gasteiger partial charge in [-0.15, -0.1) is 22.7 Å². The summed E-state index contributed by atoms with van der Waals surface area (Å²) in [6.07, 6.45) is -7.09. The molecule has 20 heteroatoms. The van der Waals surface area contributed by atoms with Gasteiger partial charge in [-0.1, -0.05) is 82.8 Å². The molecule has 2 heterocycles. The molecule has 70 heavy (non-hydrogen) atoms. The van der Waals surface area contributed by atoms with E-state index >= 15 is 0 Å². The lowest BCUT2D eigenvalue weighted by Gasteiger charge is -2.23. The van der Waals surface area contributed by atoms with E-state index in [-0.39, 0.29) is 43.8 Å². The van der Waals surface area contributed by atoms with Crippen LogP contribution >= 0.6 is 69.1 Å². The average Bonchev–Trinajstić information content (AvgIpc) is 4.00. The van der Waals surface area contributed by atoms with E-state index in [1.54, 1.807) is 38.5 Å². The van der Waals surface area contributed by atoms with Crippen molar-refractivity contribution in [3.8, 4) is 32.4 Å². The molecule has 0 amide bonds. The lowest BCUT2D eigenvalue weighted by molar-refractivity contribution is -0.152. The maximum Gasteiger partial charge on any atom is 0.416 e. The predicted octanol–water partition coefficient (Wildman–Crippen LogP) is 16.6. The first-order valence-corrected chi connectivity index (χ1v) is 24.2. The maximum atomic E-state index is 12.8. The lowest BCUT2D eigenvalue weighted by Crippen LogP contribution is -2.38. The van der Waals surface area contributed by atoms with Crippen molar-refractivity contribution in [3.05, 3.63) is 149 Å². The topological polar surface area (TPSA) is 112 Å². The van der Waals surface area contributed by atoms with Crippen molar-refractivity contribution in [1.82, 2.24) is 0 Å². The SMILES string of the molecule is CO[C@@H](CCc1ccc(OC(C)(C)C(=O)O)c(Cl)c1Cl)c1ccc(-c2ccc(C(F)(F)F)cc2)s1.CO[C@H](CCc1ccc(OC(C)(C)C(=O)O)c(Cl)c1Cl)c1ccc(-c2ccc(C(F)(F)F)cc2)s1. The number of carboxylic acids is 2. The summed E-state index contributed by atoms with van der Waals surface area (Å²) in [5, 5.41) is 19.3. The van der Waals surface area contributed by atoms with Crippen molar-refractivity contribution in [2.24, 2.45) is 0 Å². The lowest BCUT2D eigenvalue weighted by atomic mass is 10.0. The second kappa shape index (κ2) is 23.4. The molecule has 2 N–H and O–H groups in total. The number of carbonyl (C=O) groups is 2. The van der Waals surface area contributed by atoms with Crippen molar-refractivity contribution in [3.63, 3.8) is 0 Å². The molecule has 8 nitrogen and oxygen atoms in total. The summed E-state index contributed by atoms with van der Waals surface area (Å²) in [7, 11) is 3.17. The van der Waals surface area contributed by atoms with Crippen LogP contribution in [0.4, 0.5) is 26.3 Å². The molecule has 0 saturated heterocycles. The van der Waals surface area contributed by atoms with Crippen LogP contribution in [0.5, 0.6) is 11.5 Å². The zero-order valence-corrected chi connectivity index (χ0v) is 42.8. The Kier molecular flexibility index (Phi) is 18.8. The van der Waals surface area contributed by atoms with Crippen LogP contribution in [0.15, 0.2) is 97.1 Å². The predicted molar refractivity (Wildman–Crippen MR) is 263 cm³/mol. The van der Waals surface area contributed by atoms with E-state index in [9.17, 15) is 46.1 Å². The first-order chi connectivity index (χ1) is 32.7. The Balaban J connectivity index is 0.000000261. The van der Waals surface area contributed by atoms with Crippen molar-refractivity contribution >= 4 is 81.0 Å². The summed E-state index contributed by atoms with van der Waals surface area (Å²) < 4.78 is 99.3. The number of methoxy groups -OCH3 is 2. The van der Waals surface area contributed by atoms with Gasteiger partial charge in [0.2, 0.25) is 0 Å². The molecule has 2 aromatic heterocycles. The number of ether oxygens (including phenoxy) is 4. The first-order valence-electron chi connectivity index (χ1n) is 21.1. The fourth-order valence-electron chi connectivity index (χ4n) is 6.66. The summed E-state index contributed by atoms with van der Waals surface area (Å²) in [6, 6.07) is 24.2. The van der Waals surface area contributed by atoms with Crippen molar-refractivity contribution in [2.75, 3.05) is 14.2 Å². The molecule has 2 atom stereocenters. The minimum Gasteiger partial charge on any atom is -0.478 e. The van der Waals surface area contributed by atoms with Crippen LogP contribution in [0, 0.1) is 0 Å². The number of hydrogen-bond donors (Lipinski definition) is 2. The van der Waals surface area contributed by atoms with E-state index in [0.717, 1.165) is 54.9 Å². The highest BCUT2D eigenvalue weighted by molar-refractivity contribution is 7.15. The van der Waals surface area contributed by atoms with E-state index in [1.165, 1.54) is 74.6 Å². The molecular formula is C50H46Cl4F6O8S2. The Morgan fingerprint density at radius 3 is 1.13 bits per heavy atom. The molecule has 0 unspecified atom stereocenters. The van der Waals surface area contributed by atoms with E-state index < -0.39 is 46.6 Å². The maximum absolute atomic E-state index is 12.8. The number of hydrogen-bond acceptors (Lipinski definition) is 8. The van der Waals surface area contributed by atoms with Crippen LogP contribution in [-0.2, 0) is 44.3 Å². The van der Waals surface area contributed by atoms with E-state index in [1.807, 2.05) is 24.3 Å². The fourth-order valence-corrected chi connectivity index (χ4v) is 9.86. The van der Waals surface area contributed by atoms with Crippen LogP contribution in [0.1, 0.15) is 84.8 Å². The molecule has 0 radical (unpaired) electrons. The molecule has 0 aliphatic carbocycles. The van der Waals surface area contributed by atoms with Gasteiger partial charge in [-0.3, -0.25) is 0 Å². The molecule has 4 aromatic carbocycles. The van der Waals surface area contributed by atoms with Gasteiger partial charge < -0.3 is 29.2 Å². The van der Waals surface area contributed by atoms with Crippen LogP contribution in [0.25, 0.3) is 20.9 Å².